The van der Waals surface area contributed by atoms with Crippen LogP contribution in [0, 0.1) is 0 Å². The van der Waals surface area contributed by atoms with Crippen molar-refractivity contribution >= 4 is 23.5 Å². The first-order valence-electron chi connectivity index (χ1n) is 8.16. The second-order valence-corrected chi connectivity index (χ2v) is 6.23. The van der Waals surface area contributed by atoms with Gasteiger partial charge in [0.05, 0.1) is 12.1 Å². The number of hydrogen-bond acceptors (Lipinski definition) is 7. The van der Waals surface area contributed by atoms with Gasteiger partial charge in [-0.3, -0.25) is 24.5 Å². The summed E-state index contributed by atoms with van der Waals surface area (Å²) in [6.45, 7) is -0.639. The lowest BCUT2D eigenvalue weighted by molar-refractivity contribution is -0.140. The highest BCUT2D eigenvalue weighted by molar-refractivity contribution is 6.29. The van der Waals surface area contributed by atoms with E-state index in [1.54, 1.807) is 12.1 Å². The largest absolute Gasteiger partial charge is 0.504 e. The molecule has 0 heterocycles. The lowest BCUT2D eigenvalue weighted by atomic mass is 9.82. The fourth-order valence-electron chi connectivity index (χ4n) is 3.11. The Bertz CT molecular complexity index is 1030. The molecule has 2 aromatic carbocycles. The molecule has 1 atom stereocenters. The highest BCUT2D eigenvalue weighted by Crippen LogP contribution is 2.40. The van der Waals surface area contributed by atoms with Gasteiger partial charge in [-0.1, -0.05) is 24.3 Å². The van der Waals surface area contributed by atoms with E-state index < -0.39 is 54.0 Å². The first kappa shape index (κ1) is 19.1. The maximum atomic E-state index is 12.7. The predicted molar refractivity (Wildman–Crippen MR) is 93.8 cm³/mol. The van der Waals surface area contributed by atoms with Crippen LogP contribution in [0.3, 0.4) is 0 Å². The zero-order valence-corrected chi connectivity index (χ0v) is 14.3. The van der Waals surface area contributed by atoms with E-state index in [1.807, 2.05) is 0 Å². The predicted octanol–water partition coefficient (Wildman–Crippen LogP) is 0.543. The topological polar surface area (TPSA) is 161 Å². The Kier molecular flexibility index (Phi) is 4.85. The molecule has 9 heteroatoms. The lowest BCUT2D eigenvalue weighted by Gasteiger charge is -2.21. The van der Waals surface area contributed by atoms with Crippen LogP contribution < -0.4 is 5.32 Å². The van der Waals surface area contributed by atoms with Gasteiger partial charge in [-0.2, -0.15) is 0 Å². The molecule has 28 heavy (non-hydrogen) atoms. The zero-order valence-electron chi connectivity index (χ0n) is 14.3. The summed E-state index contributed by atoms with van der Waals surface area (Å²) in [4.78, 5) is 47.4. The van der Waals surface area contributed by atoms with E-state index in [1.165, 1.54) is 12.1 Å². The summed E-state index contributed by atoms with van der Waals surface area (Å²) in [7, 11) is 0. The van der Waals surface area contributed by atoms with Crippen molar-refractivity contribution in [2.75, 3.05) is 6.54 Å². The summed E-state index contributed by atoms with van der Waals surface area (Å²) in [5.74, 6) is -5.40. The Morgan fingerprint density at radius 2 is 1.54 bits per heavy atom. The number of carbonyl (C=O) groups excluding carboxylic acids is 2. The molecule has 0 radical (unpaired) electrons. The molecule has 9 nitrogen and oxygen atoms in total. The van der Waals surface area contributed by atoms with Crippen LogP contribution in [0.5, 0.6) is 11.5 Å². The molecule has 1 aliphatic carbocycles. The number of carbonyl (C=O) groups is 4. The van der Waals surface area contributed by atoms with Crippen molar-refractivity contribution in [2.45, 2.75) is 12.5 Å². The van der Waals surface area contributed by atoms with Crippen molar-refractivity contribution in [1.29, 1.82) is 0 Å². The number of aromatic hydroxyl groups is 2. The number of phenols is 2. The van der Waals surface area contributed by atoms with Gasteiger partial charge in [0, 0.05) is 28.7 Å². The summed E-state index contributed by atoms with van der Waals surface area (Å²) in [5.41, 5.74) is -0.391. The number of aliphatic carboxylic acids is 2. The SMILES string of the molecule is O=C(O)CNC(Cc1cc2c(c(O)c1O)C(=O)c1ccccc1C2=O)C(=O)O. The smallest absolute Gasteiger partial charge is 0.321 e. The van der Waals surface area contributed by atoms with E-state index in [-0.39, 0.29) is 27.8 Å². The van der Waals surface area contributed by atoms with Gasteiger partial charge < -0.3 is 20.4 Å². The van der Waals surface area contributed by atoms with Crippen LogP contribution in [-0.4, -0.2) is 56.5 Å². The minimum Gasteiger partial charge on any atom is -0.504 e. The third-order valence-electron chi connectivity index (χ3n) is 4.46. The van der Waals surface area contributed by atoms with Crippen LogP contribution >= 0.6 is 0 Å². The Hall–Kier alpha value is -3.72. The molecule has 1 aliphatic rings. The van der Waals surface area contributed by atoms with Crippen molar-refractivity contribution in [1.82, 2.24) is 5.32 Å². The maximum absolute atomic E-state index is 12.7. The summed E-state index contributed by atoms with van der Waals surface area (Å²) >= 11 is 0. The van der Waals surface area contributed by atoms with Gasteiger partial charge in [0.2, 0.25) is 0 Å². The summed E-state index contributed by atoms with van der Waals surface area (Å²) in [6, 6.07) is 5.77. The van der Waals surface area contributed by atoms with Crippen LogP contribution in [0.25, 0.3) is 0 Å². The number of rotatable bonds is 6. The molecule has 0 aromatic heterocycles. The highest BCUT2D eigenvalue weighted by atomic mass is 16.4. The number of nitrogens with one attached hydrogen (secondary N) is 1. The Labute approximate surface area is 157 Å². The van der Waals surface area contributed by atoms with Crippen LogP contribution in [0.2, 0.25) is 0 Å². The third kappa shape index (κ3) is 3.19. The van der Waals surface area contributed by atoms with Crippen molar-refractivity contribution in [3.05, 3.63) is 58.1 Å². The van der Waals surface area contributed by atoms with Crippen molar-refractivity contribution < 1.29 is 39.6 Å². The van der Waals surface area contributed by atoms with Gasteiger partial charge in [0.25, 0.3) is 0 Å². The Morgan fingerprint density at radius 1 is 0.929 bits per heavy atom. The zero-order chi connectivity index (χ0) is 20.6. The van der Waals surface area contributed by atoms with E-state index in [0.29, 0.717) is 0 Å². The van der Waals surface area contributed by atoms with E-state index in [0.717, 1.165) is 6.07 Å². The van der Waals surface area contributed by atoms with E-state index >= 15 is 0 Å². The molecule has 0 bridgehead atoms. The molecule has 0 saturated heterocycles. The molecular formula is C19H15NO8. The van der Waals surface area contributed by atoms with Gasteiger partial charge in [0.15, 0.2) is 23.1 Å². The van der Waals surface area contributed by atoms with E-state index in [2.05, 4.69) is 5.32 Å². The second-order valence-electron chi connectivity index (χ2n) is 6.23. The molecule has 0 fully saturated rings. The first-order valence-corrected chi connectivity index (χ1v) is 8.16. The normalized spacial score (nSPS) is 13.6. The minimum absolute atomic E-state index is 0.0917. The van der Waals surface area contributed by atoms with Crippen LogP contribution in [-0.2, 0) is 16.0 Å². The van der Waals surface area contributed by atoms with Crippen LogP contribution in [0.1, 0.15) is 37.4 Å². The van der Waals surface area contributed by atoms with Gasteiger partial charge in [0.1, 0.15) is 6.04 Å². The summed E-state index contributed by atoms with van der Waals surface area (Å²) in [6.07, 6.45) is -0.418. The molecule has 0 spiro atoms. The van der Waals surface area contributed by atoms with E-state index in [9.17, 15) is 34.5 Å². The van der Waals surface area contributed by atoms with Gasteiger partial charge in [-0.15, -0.1) is 0 Å². The molecular weight excluding hydrogens is 370 g/mol. The second kappa shape index (κ2) is 7.12. The highest BCUT2D eigenvalue weighted by Gasteiger charge is 2.34. The van der Waals surface area contributed by atoms with Gasteiger partial charge in [-0.05, 0) is 6.07 Å². The number of carboxylic acid groups (broad SMARTS) is 2. The summed E-state index contributed by atoms with van der Waals surface area (Å²) in [5, 5.41) is 40.8. The average molecular weight is 385 g/mol. The molecule has 0 saturated carbocycles. The molecule has 3 rings (SSSR count). The van der Waals surface area contributed by atoms with E-state index in [4.69, 9.17) is 5.11 Å². The third-order valence-corrected chi connectivity index (χ3v) is 4.46. The van der Waals surface area contributed by atoms with Gasteiger partial charge in [-0.25, -0.2) is 0 Å². The van der Waals surface area contributed by atoms with Crippen molar-refractivity contribution in [3.8, 4) is 11.5 Å². The Balaban J connectivity index is 2.06. The molecule has 0 amide bonds. The maximum Gasteiger partial charge on any atom is 0.321 e. The van der Waals surface area contributed by atoms with Gasteiger partial charge >= 0.3 is 11.9 Å². The minimum atomic E-state index is -1.40. The average Bonchev–Trinajstić information content (AvgIpc) is 2.65. The standard InChI is InChI=1S/C19H15NO8/c21-13(22)7-20-12(19(27)28)6-8-5-11-14(18(26)15(8)23)17(25)10-4-2-1-3-9(10)16(11)24/h1-5,12,20,23,26H,6-7H2,(H,21,22)(H,27,28). The molecule has 5 N–H and O–H groups in total. The number of hydrogen-bond donors (Lipinski definition) is 5. The number of fused-ring (bicyclic) bond motifs is 2. The number of ketones is 2. The monoisotopic (exact) mass is 385 g/mol. The van der Waals surface area contributed by atoms with Crippen molar-refractivity contribution in [2.24, 2.45) is 0 Å². The fraction of sp³-hybridized carbons (Fsp3) is 0.158. The number of phenolic OH excluding ortho intramolecular Hbond substituents is 2. The van der Waals surface area contributed by atoms with Crippen LogP contribution in [0.15, 0.2) is 30.3 Å². The van der Waals surface area contributed by atoms with Crippen LogP contribution in [0.4, 0.5) is 0 Å². The lowest BCUT2D eigenvalue weighted by Crippen LogP contribution is -2.41. The molecule has 2 aromatic rings. The molecule has 144 valence electrons. The first-order chi connectivity index (χ1) is 13.2. The fourth-order valence-corrected chi connectivity index (χ4v) is 3.11. The summed E-state index contributed by atoms with van der Waals surface area (Å²) < 4.78 is 0. The number of carboxylic acids is 2. The number of benzene rings is 2. The Morgan fingerprint density at radius 3 is 2.11 bits per heavy atom. The quantitative estimate of drug-likeness (QED) is 0.381. The molecule has 1 unspecified atom stereocenters. The van der Waals surface area contributed by atoms with Crippen molar-refractivity contribution in [3.63, 3.8) is 0 Å². The molecule has 0 aliphatic heterocycles.